The highest BCUT2D eigenvalue weighted by Gasteiger charge is 2.46. The lowest BCUT2D eigenvalue weighted by atomic mass is 9.88. The molecule has 1 aromatic carbocycles. The molecule has 0 spiro atoms. The molecule has 10 nitrogen and oxygen atoms in total. The quantitative estimate of drug-likeness (QED) is 0.261. The topological polar surface area (TPSA) is 143 Å². The number of hydrogen-bond donors (Lipinski definition) is 2. The van der Waals surface area contributed by atoms with Crippen LogP contribution in [0.1, 0.15) is 69.3 Å². The summed E-state index contributed by atoms with van der Waals surface area (Å²) >= 11 is 0.606. The van der Waals surface area contributed by atoms with Crippen molar-refractivity contribution in [2.45, 2.75) is 76.8 Å². The van der Waals surface area contributed by atoms with E-state index in [4.69, 9.17) is 4.52 Å². The first kappa shape index (κ1) is 33.5. The maximum absolute atomic E-state index is 15.6. The van der Waals surface area contributed by atoms with E-state index in [1.807, 2.05) is 0 Å². The molecule has 44 heavy (non-hydrogen) atoms. The first-order chi connectivity index (χ1) is 20.2. The Morgan fingerprint density at radius 2 is 1.93 bits per heavy atom. The predicted octanol–water partition coefficient (Wildman–Crippen LogP) is 5.75. The van der Waals surface area contributed by atoms with Crippen LogP contribution in [0.2, 0.25) is 0 Å². The summed E-state index contributed by atoms with van der Waals surface area (Å²) in [5, 5.41) is 13.2. The molecule has 0 aliphatic carbocycles. The van der Waals surface area contributed by atoms with Crippen LogP contribution >= 0.6 is 11.3 Å². The van der Waals surface area contributed by atoms with E-state index in [2.05, 4.69) is 14.9 Å². The van der Waals surface area contributed by atoms with Gasteiger partial charge < -0.3 is 14.5 Å². The van der Waals surface area contributed by atoms with Crippen LogP contribution in [0.4, 0.5) is 22.0 Å². The first-order valence-corrected chi connectivity index (χ1v) is 15.6. The minimum atomic E-state index is -4.55. The largest absolute Gasteiger partial charge is 0.481 e. The number of likely N-dealkylation sites (tertiary alicyclic amines) is 1. The first-order valence-electron chi connectivity index (χ1n) is 13.3. The van der Waals surface area contributed by atoms with Crippen molar-refractivity contribution < 1.29 is 49.6 Å². The van der Waals surface area contributed by atoms with Gasteiger partial charge in [-0.05, 0) is 40.7 Å². The Morgan fingerprint density at radius 1 is 1.27 bits per heavy atom. The van der Waals surface area contributed by atoms with Gasteiger partial charge in [0.25, 0.3) is 18.3 Å². The number of hydrogen-bond acceptors (Lipinski definition) is 8. The van der Waals surface area contributed by atoms with E-state index < -0.39 is 92.2 Å². The predicted molar refractivity (Wildman–Crippen MR) is 149 cm³/mol. The van der Waals surface area contributed by atoms with Gasteiger partial charge in [-0.3, -0.25) is 9.59 Å². The number of benzene rings is 1. The molecule has 240 valence electrons. The third-order valence-electron chi connectivity index (χ3n) is 6.88. The molecular weight excluding hydrogens is 635 g/mol. The van der Waals surface area contributed by atoms with E-state index in [0.717, 1.165) is 17.0 Å². The number of aliphatic carboxylic acids is 1. The van der Waals surface area contributed by atoms with E-state index in [9.17, 15) is 40.7 Å². The van der Waals surface area contributed by atoms with Gasteiger partial charge in [0, 0.05) is 36.6 Å². The summed E-state index contributed by atoms with van der Waals surface area (Å²) in [7, 11) is -4.55. The number of nitrogens with one attached hydrogen (secondary N) is 1. The fourth-order valence-electron chi connectivity index (χ4n) is 4.75. The second-order valence-corrected chi connectivity index (χ2v) is 14.2. The molecule has 3 aromatic rings. The molecule has 1 aliphatic rings. The molecule has 0 bridgehead atoms. The number of halogens is 5. The smallest absolute Gasteiger partial charge is 0.309 e. The van der Waals surface area contributed by atoms with Crippen LogP contribution in [0.25, 0.3) is 21.1 Å². The number of sulfonamides is 1. The van der Waals surface area contributed by atoms with Crippen molar-refractivity contribution in [2.24, 2.45) is 5.41 Å². The summed E-state index contributed by atoms with van der Waals surface area (Å²) in [6, 6.07) is 1.36. The molecule has 1 aliphatic heterocycles. The number of rotatable bonds is 10. The van der Waals surface area contributed by atoms with Gasteiger partial charge in [-0.15, -0.1) is 11.3 Å². The highest BCUT2D eigenvalue weighted by atomic mass is 32.2. The van der Waals surface area contributed by atoms with E-state index in [1.54, 1.807) is 0 Å². The van der Waals surface area contributed by atoms with Gasteiger partial charge >= 0.3 is 5.97 Å². The molecule has 1 saturated heterocycles. The Balaban J connectivity index is 1.90. The number of carboxylic acids is 1. The van der Waals surface area contributed by atoms with Crippen LogP contribution < -0.4 is 4.72 Å². The molecule has 0 radical (unpaired) electrons. The van der Waals surface area contributed by atoms with Gasteiger partial charge in [-0.25, -0.2) is 40.1 Å². The molecule has 1 fully saturated rings. The number of carbonyl (C=O) groups excluding carboxylic acids is 1. The summed E-state index contributed by atoms with van der Waals surface area (Å²) < 4.78 is 106. The number of thiazole rings is 1. The van der Waals surface area contributed by atoms with Crippen molar-refractivity contribution in [1.29, 1.82) is 0 Å². The molecule has 2 N–H and O–H groups in total. The molecular formula is C27H29F5N4O6S2. The van der Waals surface area contributed by atoms with E-state index in [0.29, 0.717) is 11.3 Å². The molecule has 0 saturated carbocycles. The highest BCUT2D eigenvalue weighted by molar-refractivity contribution is 7.89. The Labute approximate surface area is 253 Å². The summed E-state index contributed by atoms with van der Waals surface area (Å²) in [5.41, 5.74) is -3.72. The van der Waals surface area contributed by atoms with Crippen LogP contribution in [0.15, 0.2) is 27.6 Å². The van der Waals surface area contributed by atoms with E-state index >= 15 is 4.39 Å². The van der Waals surface area contributed by atoms with Crippen molar-refractivity contribution in [2.75, 3.05) is 6.54 Å². The average molecular weight is 665 g/mol. The second-order valence-electron chi connectivity index (χ2n) is 11.5. The monoisotopic (exact) mass is 664 g/mol. The van der Waals surface area contributed by atoms with Crippen molar-refractivity contribution in [3.8, 4) is 21.1 Å². The standard InChI is InChI=1S/C27H29F5N4O6S2/c1-12(2)35-44(40,41)17-7-6-15(18(19(17)28)22(29)30)21-20(24(37)36-11-27(31,32)9-13(36)3)33-23(43-21)16-8-14(42-34-16)10-26(4,5)25(38)39/h6-8,12-13,22,35H,9-11H2,1-5H3,(H,38,39)/t13-/m0/s1. The third-order valence-corrected chi connectivity index (χ3v) is 9.67. The van der Waals surface area contributed by atoms with Gasteiger partial charge in [-0.2, -0.15) is 0 Å². The van der Waals surface area contributed by atoms with Crippen molar-refractivity contribution in [1.82, 2.24) is 19.8 Å². The number of nitrogens with zero attached hydrogens (tertiary/aromatic N) is 3. The molecule has 2 aromatic heterocycles. The zero-order valence-electron chi connectivity index (χ0n) is 24.1. The lowest BCUT2D eigenvalue weighted by Crippen LogP contribution is -2.35. The lowest BCUT2D eigenvalue weighted by Gasteiger charge is -2.21. The molecule has 1 amide bonds. The number of amides is 1. The Hall–Kier alpha value is -3.44. The molecule has 0 unspecified atom stereocenters. The van der Waals surface area contributed by atoms with Crippen LogP contribution in [0.3, 0.4) is 0 Å². The summed E-state index contributed by atoms with van der Waals surface area (Å²) in [6.07, 6.45) is -4.30. The molecule has 3 heterocycles. The fourth-order valence-corrected chi connectivity index (χ4v) is 7.14. The van der Waals surface area contributed by atoms with Gasteiger partial charge in [0.1, 0.15) is 27.1 Å². The summed E-state index contributed by atoms with van der Waals surface area (Å²) in [5.74, 6) is -7.00. The maximum Gasteiger partial charge on any atom is 0.309 e. The number of aromatic nitrogens is 2. The third kappa shape index (κ3) is 6.63. The number of carbonyl (C=O) groups is 2. The van der Waals surface area contributed by atoms with Crippen LogP contribution in [0, 0.1) is 11.2 Å². The molecule has 17 heteroatoms. The average Bonchev–Trinajstić information content (AvgIpc) is 3.58. The minimum absolute atomic E-state index is 0.0225. The maximum atomic E-state index is 15.6. The summed E-state index contributed by atoms with van der Waals surface area (Å²) in [6.45, 7) is 6.22. The van der Waals surface area contributed by atoms with Crippen LogP contribution in [-0.2, 0) is 21.2 Å². The fraction of sp³-hybridized carbons (Fsp3) is 0.481. The van der Waals surface area contributed by atoms with Crippen molar-refractivity contribution in [3.63, 3.8) is 0 Å². The Bertz CT molecular complexity index is 1700. The van der Waals surface area contributed by atoms with Gasteiger partial charge in [-0.1, -0.05) is 11.2 Å². The van der Waals surface area contributed by atoms with Gasteiger partial charge in [0.15, 0.2) is 5.82 Å². The number of alkyl halides is 4. The zero-order chi connectivity index (χ0) is 32.9. The van der Waals surface area contributed by atoms with Crippen LogP contribution in [-0.4, -0.2) is 65.0 Å². The van der Waals surface area contributed by atoms with Gasteiger partial charge in [0.2, 0.25) is 10.0 Å². The number of carboxylic acid groups (broad SMARTS) is 1. The summed E-state index contributed by atoms with van der Waals surface area (Å²) in [4.78, 5) is 28.8. The lowest BCUT2D eigenvalue weighted by molar-refractivity contribution is -0.147. The van der Waals surface area contributed by atoms with Crippen molar-refractivity contribution in [3.05, 3.63) is 41.0 Å². The van der Waals surface area contributed by atoms with Crippen LogP contribution in [0.5, 0.6) is 0 Å². The van der Waals surface area contributed by atoms with E-state index in [-0.39, 0.29) is 27.8 Å². The second kappa shape index (κ2) is 11.8. The zero-order valence-corrected chi connectivity index (χ0v) is 25.8. The minimum Gasteiger partial charge on any atom is -0.481 e. The SMILES string of the molecule is CC(C)NS(=O)(=O)c1ccc(-c2sc(-c3cc(CC(C)(C)C(=O)O)on3)nc2C(=O)N2CC(F)(F)C[C@@H]2C)c(C(F)F)c1F. The normalized spacial score (nSPS) is 17.2. The molecule has 4 rings (SSSR count). The van der Waals surface area contributed by atoms with E-state index in [1.165, 1.54) is 40.7 Å². The highest BCUT2D eigenvalue weighted by Crippen LogP contribution is 2.43. The Morgan fingerprint density at radius 3 is 2.48 bits per heavy atom. The van der Waals surface area contributed by atoms with Crippen molar-refractivity contribution >= 4 is 33.2 Å². The molecule has 1 atom stereocenters. The Kier molecular flexibility index (Phi) is 8.98. The van der Waals surface area contributed by atoms with Gasteiger partial charge in [0.05, 0.1) is 22.4 Å².